The second-order valence-electron chi connectivity index (χ2n) is 7.38. The molecule has 2 aromatic carbocycles. The number of sulfone groups is 1. The van der Waals surface area contributed by atoms with Gasteiger partial charge < -0.3 is 9.47 Å². The highest BCUT2D eigenvalue weighted by molar-refractivity contribution is 7.92. The van der Waals surface area contributed by atoms with Crippen molar-refractivity contribution in [3.05, 3.63) is 60.7 Å². The van der Waals surface area contributed by atoms with Crippen LogP contribution in [-0.2, 0) is 24.2 Å². The molecule has 0 heterocycles. The van der Waals surface area contributed by atoms with Crippen LogP contribution in [0.2, 0.25) is 0 Å². The van der Waals surface area contributed by atoms with Crippen LogP contribution in [0.25, 0.3) is 0 Å². The zero-order valence-corrected chi connectivity index (χ0v) is 18.3. The lowest BCUT2D eigenvalue weighted by molar-refractivity contribution is -0.142. The minimum Gasteiger partial charge on any atom is -0.469 e. The normalized spacial score (nSPS) is 13.5. The van der Waals surface area contributed by atoms with Crippen molar-refractivity contribution in [1.82, 2.24) is 0 Å². The molecule has 2 atom stereocenters. The molecule has 0 aliphatic carbocycles. The summed E-state index contributed by atoms with van der Waals surface area (Å²) in [5.74, 6) is -1.96. The minimum absolute atomic E-state index is 0.0990. The number of benzene rings is 2. The van der Waals surface area contributed by atoms with E-state index in [0.717, 1.165) is 0 Å². The van der Waals surface area contributed by atoms with Crippen LogP contribution in [0.1, 0.15) is 33.1 Å². The summed E-state index contributed by atoms with van der Waals surface area (Å²) in [6.07, 6.45) is 0.603. The van der Waals surface area contributed by atoms with Crippen LogP contribution in [0.5, 0.6) is 5.75 Å². The molecule has 0 saturated heterocycles. The number of esters is 2. The molecular formula is C23H28O6S. The number of rotatable bonds is 10. The van der Waals surface area contributed by atoms with Crippen molar-refractivity contribution in [1.29, 1.82) is 0 Å². The maximum Gasteiger partial charge on any atom is 0.315 e. The van der Waals surface area contributed by atoms with Crippen LogP contribution in [-0.4, -0.2) is 32.7 Å². The van der Waals surface area contributed by atoms with Crippen molar-refractivity contribution in [3.63, 3.8) is 0 Å². The van der Waals surface area contributed by atoms with Crippen molar-refractivity contribution in [2.75, 3.05) is 7.11 Å². The first-order valence-electron chi connectivity index (χ1n) is 9.90. The quantitative estimate of drug-likeness (QED) is 0.416. The molecule has 0 aromatic heterocycles. The number of methoxy groups -OCH3 is 1. The van der Waals surface area contributed by atoms with E-state index in [-0.39, 0.29) is 23.7 Å². The largest absolute Gasteiger partial charge is 0.469 e. The Balaban J connectivity index is 2.37. The summed E-state index contributed by atoms with van der Waals surface area (Å²) in [5.41, 5.74) is 0. The van der Waals surface area contributed by atoms with Crippen molar-refractivity contribution in [3.8, 4) is 5.75 Å². The summed E-state index contributed by atoms with van der Waals surface area (Å²) >= 11 is 0. The van der Waals surface area contributed by atoms with Crippen LogP contribution >= 0.6 is 0 Å². The van der Waals surface area contributed by atoms with Gasteiger partial charge in [0.25, 0.3) is 0 Å². The number of hydrogen-bond donors (Lipinski definition) is 0. The lowest BCUT2D eigenvalue weighted by Crippen LogP contribution is -2.41. The third-order valence-corrected chi connectivity index (χ3v) is 7.39. The third-order valence-electron chi connectivity index (χ3n) is 4.87. The molecule has 7 heteroatoms. The number of ether oxygens (including phenoxy) is 2. The Morgan fingerprint density at radius 3 is 2.03 bits per heavy atom. The molecule has 0 amide bonds. The molecule has 0 spiro atoms. The van der Waals surface area contributed by atoms with E-state index in [1.807, 2.05) is 0 Å². The summed E-state index contributed by atoms with van der Waals surface area (Å²) in [4.78, 5) is 24.8. The SMILES string of the molecule is COC(=O)CCC[C@@H](C(=O)Oc1ccccc1)[C@H](C(C)C)S(=O)(=O)c1ccccc1. The van der Waals surface area contributed by atoms with Crippen molar-refractivity contribution < 1.29 is 27.5 Å². The van der Waals surface area contributed by atoms with Gasteiger partial charge in [0.1, 0.15) is 5.75 Å². The fourth-order valence-corrected chi connectivity index (χ4v) is 5.72. The molecule has 0 saturated carbocycles. The molecule has 162 valence electrons. The van der Waals surface area contributed by atoms with Gasteiger partial charge in [-0.2, -0.15) is 0 Å². The average molecular weight is 433 g/mol. The Kier molecular flexibility index (Phi) is 8.59. The van der Waals surface area contributed by atoms with E-state index in [9.17, 15) is 18.0 Å². The highest BCUT2D eigenvalue weighted by atomic mass is 32.2. The van der Waals surface area contributed by atoms with Gasteiger partial charge in [-0.1, -0.05) is 50.2 Å². The minimum atomic E-state index is -3.81. The maximum absolute atomic E-state index is 13.4. The smallest absolute Gasteiger partial charge is 0.315 e. The van der Waals surface area contributed by atoms with Crippen molar-refractivity contribution >= 4 is 21.8 Å². The molecule has 30 heavy (non-hydrogen) atoms. The predicted octanol–water partition coefficient (Wildman–Crippen LogP) is 4.05. The van der Waals surface area contributed by atoms with Gasteiger partial charge in [0.05, 0.1) is 23.2 Å². The second-order valence-corrected chi connectivity index (χ2v) is 9.48. The van der Waals surface area contributed by atoms with E-state index in [1.54, 1.807) is 62.4 Å². The molecule has 0 bridgehead atoms. The summed E-state index contributed by atoms with van der Waals surface area (Å²) < 4.78 is 37.0. The predicted molar refractivity (Wildman–Crippen MR) is 114 cm³/mol. The van der Waals surface area contributed by atoms with E-state index < -0.39 is 32.9 Å². The molecule has 2 rings (SSSR count). The first-order valence-corrected chi connectivity index (χ1v) is 11.4. The summed E-state index contributed by atoms with van der Waals surface area (Å²) in [5, 5.41) is -0.992. The van der Waals surface area contributed by atoms with Crippen LogP contribution in [0.15, 0.2) is 65.6 Å². The Morgan fingerprint density at radius 1 is 0.933 bits per heavy atom. The standard InChI is InChI=1S/C23H28O6S/c1-17(2)22(30(26,27)19-13-8-5-9-14-19)20(15-10-16-21(24)28-3)23(25)29-18-11-6-4-7-12-18/h4-9,11-14,17,20,22H,10,15-16H2,1-3H3/t20-,22+/m1/s1. The van der Waals surface area contributed by atoms with E-state index in [0.29, 0.717) is 12.2 Å². The zero-order chi connectivity index (χ0) is 22.1. The zero-order valence-electron chi connectivity index (χ0n) is 17.5. The molecule has 0 N–H and O–H groups in total. The molecule has 0 aliphatic rings. The second kappa shape index (κ2) is 10.9. The number of carbonyl (C=O) groups is 2. The Labute approximate surface area is 178 Å². The highest BCUT2D eigenvalue weighted by Gasteiger charge is 2.41. The maximum atomic E-state index is 13.4. The van der Waals surface area contributed by atoms with Crippen LogP contribution in [0, 0.1) is 11.8 Å². The summed E-state index contributed by atoms with van der Waals surface area (Å²) in [6, 6.07) is 16.6. The van der Waals surface area contributed by atoms with E-state index in [4.69, 9.17) is 4.74 Å². The summed E-state index contributed by atoms with van der Waals surface area (Å²) in [6.45, 7) is 3.54. The molecule has 0 fully saturated rings. The van der Waals surface area contributed by atoms with E-state index >= 15 is 0 Å². The fraction of sp³-hybridized carbons (Fsp3) is 0.391. The van der Waals surface area contributed by atoms with Crippen LogP contribution in [0.4, 0.5) is 0 Å². The van der Waals surface area contributed by atoms with E-state index in [1.165, 1.54) is 19.2 Å². The molecular weight excluding hydrogens is 404 g/mol. The van der Waals surface area contributed by atoms with Gasteiger partial charge in [-0.3, -0.25) is 9.59 Å². The summed E-state index contributed by atoms with van der Waals surface area (Å²) in [7, 11) is -2.52. The topological polar surface area (TPSA) is 86.7 Å². The molecule has 6 nitrogen and oxygen atoms in total. The Bertz CT molecular complexity index is 923. The van der Waals surface area contributed by atoms with Crippen LogP contribution in [0.3, 0.4) is 0 Å². The average Bonchev–Trinajstić information content (AvgIpc) is 2.73. The molecule has 0 radical (unpaired) electrons. The first kappa shape index (κ1) is 23.6. The van der Waals surface area contributed by atoms with Gasteiger partial charge in [-0.15, -0.1) is 0 Å². The lowest BCUT2D eigenvalue weighted by Gasteiger charge is -2.28. The van der Waals surface area contributed by atoms with Gasteiger partial charge in [0.15, 0.2) is 9.84 Å². The van der Waals surface area contributed by atoms with Crippen LogP contribution < -0.4 is 4.74 Å². The monoisotopic (exact) mass is 432 g/mol. The number of carbonyl (C=O) groups excluding carboxylic acids is 2. The first-order chi connectivity index (χ1) is 14.3. The van der Waals surface area contributed by atoms with Gasteiger partial charge in [0, 0.05) is 6.42 Å². The fourth-order valence-electron chi connectivity index (χ4n) is 3.47. The highest BCUT2D eigenvalue weighted by Crippen LogP contribution is 2.32. The Morgan fingerprint density at radius 2 is 1.50 bits per heavy atom. The number of para-hydroxylation sites is 1. The third kappa shape index (κ3) is 6.16. The van der Waals surface area contributed by atoms with Crippen molar-refractivity contribution in [2.45, 2.75) is 43.3 Å². The van der Waals surface area contributed by atoms with E-state index in [2.05, 4.69) is 4.74 Å². The van der Waals surface area contributed by atoms with Gasteiger partial charge in [0.2, 0.25) is 0 Å². The van der Waals surface area contributed by atoms with Gasteiger partial charge >= 0.3 is 11.9 Å². The Hall–Kier alpha value is -2.67. The molecule has 2 aromatic rings. The lowest BCUT2D eigenvalue weighted by atomic mass is 9.91. The van der Waals surface area contributed by atoms with Gasteiger partial charge in [-0.05, 0) is 43.0 Å². The molecule has 0 aliphatic heterocycles. The van der Waals surface area contributed by atoms with Gasteiger partial charge in [-0.25, -0.2) is 8.42 Å². The number of hydrogen-bond acceptors (Lipinski definition) is 6. The van der Waals surface area contributed by atoms with Crippen molar-refractivity contribution in [2.24, 2.45) is 11.8 Å². The molecule has 0 unspecified atom stereocenters.